The molecule has 0 radical (unpaired) electrons. The number of nitrogens with zero attached hydrogens (tertiary/aromatic N) is 4. The average molecular weight is 352 g/mol. The van der Waals surface area contributed by atoms with E-state index in [4.69, 9.17) is 9.47 Å². The molecular formula is C19H20N4O3. The van der Waals surface area contributed by atoms with Gasteiger partial charge in [0, 0.05) is 26.3 Å². The van der Waals surface area contributed by atoms with E-state index in [-0.39, 0.29) is 5.91 Å². The summed E-state index contributed by atoms with van der Waals surface area (Å²) in [7, 11) is 5.13. The topological polar surface area (TPSA) is 69.5 Å². The van der Waals surface area contributed by atoms with E-state index in [1.54, 1.807) is 32.8 Å². The first-order valence-corrected chi connectivity index (χ1v) is 8.41. The number of amides is 1. The second-order valence-corrected chi connectivity index (χ2v) is 6.37. The van der Waals surface area contributed by atoms with Crippen LogP contribution in [-0.4, -0.2) is 46.1 Å². The van der Waals surface area contributed by atoms with Gasteiger partial charge >= 0.3 is 0 Å². The molecule has 134 valence electrons. The van der Waals surface area contributed by atoms with Gasteiger partial charge in [0.25, 0.3) is 5.91 Å². The summed E-state index contributed by atoms with van der Waals surface area (Å²) in [5.74, 6) is 1.36. The number of methoxy groups -OCH3 is 2. The number of imidazole rings is 1. The lowest BCUT2D eigenvalue weighted by Crippen LogP contribution is -2.36. The summed E-state index contributed by atoms with van der Waals surface area (Å²) >= 11 is 0. The molecule has 3 aromatic rings. The van der Waals surface area contributed by atoms with Crippen molar-refractivity contribution in [2.24, 2.45) is 7.05 Å². The van der Waals surface area contributed by atoms with Crippen LogP contribution in [0.1, 0.15) is 21.5 Å². The zero-order valence-electron chi connectivity index (χ0n) is 15.0. The van der Waals surface area contributed by atoms with Crippen molar-refractivity contribution < 1.29 is 14.3 Å². The van der Waals surface area contributed by atoms with Gasteiger partial charge in [-0.05, 0) is 35.7 Å². The fourth-order valence-corrected chi connectivity index (χ4v) is 3.37. The highest BCUT2D eigenvalue weighted by molar-refractivity contribution is 5.96. The number of hydrogen-bond donors (Lipinski definition) is 0. The number of hydrogen-bond acceptors (Lipinski definition) is 5. The van der Waals surface area contributed by atoms with E-state index in [0.717, 1.165) is 28.9 Å². The Labute approximate surface area is 151 Å². The van der Waals surface area contributed by atoms with Gasteiger partial charge in [0.05, 0.1) is 26.1 Å². The molecule has 0 spiro atoms. The minimum absolute atomic E-state index is 0.0366. The van der Waals surface area contributed by atoms with E-state index in [1.165, 1.54) is 5.56 Å². The predicted molar refractivity (Wildman–Crippen MR) is 96.5 cm³/mol. The summed E-state index contributed by atoms with van der Waals surface area (Å²) in [5, 5.41) is 0. The lowest BCUT2D eigenvalue weighted by Gasteiger charge is -2.29. The molecule has 0 unspecified atom stereocenters. The molecule has 0 bridgehead atoms. The zero-order chi connectivity index (χ0) is 18.3. The number of carbonyl (C=O) groups excluding carboxylic acids is 1. The van der Waals surface area contributed by atoms with Gasteiger partial charge in [0.15, 0.2) is 17.1 Å². The number of aromatic nitrogens is 3. The maximum Gasteiger partial charge on any atom is 0.255 e. The van der Waals surface area contributed by atoms with Crippen LogP contribution in [0.4, 0.5) is 0 Å². The highest BCUT2D eigenvalue weighted by atomic mass is 16.5. The molecule has 0 atom stereocenters. The van der Waals surface area contributed by atoms with E-state index >= 15 is 0 Å². The van der Waals surface area contributed by atoms with Crippen LogP contribution in [0.15, 0.2) is 30.7 Å². The number of aryl methyl sites for hydroxylation is 1. The first-order chi connectivity index (χ1) is 12.6. The number of carbonyl (C=O) groups is 1. The van der Waals surface area contributed by atoms with Crippen molar-refractivity contribution in [2.45, 2.75) is 13.0 Å². The minimum Gasteiger partial charge on any atom is -0.493 e. The van der Waals surface area contributed by atoms with E-state index in [9.17, 15) is 4.79 Å². The van der Waals surface area contributed by atoms with Gasteiger partial charge in [0.2, 0.25) is 0 Å². The Morgan fingerprint density at radius 3 is 2.54 bits per heavy atom. The summed E-state index contributed by atoms with van der Waals surface area (Å²) in [6.45, 7) is 1.19. The molecule has 3 heterocycles. The predicted octanol–water partition coefficient (Wildman–Crippen LogP) is 2.18. The average Bonchev–Trinajstić information content (AvgIpc) is 3.06. The lowest BCUT2D eigenvalue weighted by atomic mass is 9.98. The van der Waals surface area contributed by atoms with Crippen LogP contribution < -0.4 is 9.47 Å². The number of ether oxygens (including phenoxy) is 2. The third-order valence-corrected chi connectivity index (χ3v) is 4.80. The van der Waals surface area contributed by atoms with Gasteiger partial charge in [-0.3, -0.25) is 4.79 Å². The van der Waals surface area contributed by atoms with Crippen molar-refractivity contribution in [3.8, 4) is 11.5 Å². The highest BCUT2D eigenvalue weighted by Crippen LogP contribution is 2.33. The highest BCUT2D eigenvalue weighted by Gasteiger charge is 2.24. The van der Waals surface area contributed by atoms with Crippen molar-refractivity contribution in [1.82, 2.24) is 19.4 Å². The van der Waals surface area contributed by atoms with Gasteiger partial charge in [-0.15, -0.1) is 0 Å². The molecular weight excluding hydrogens is 332 g/mol. The summed E-state index contributed by atoms with van der Waals surface area (Å²) in [4.78, 5) is 23.4. The second kappa shape index (κ2) is 6.33. The molecule has 1 aliphatic rings. The van der Waals surface area contributed by atoms with Crippen molar-refractivity contribution in [1.29, 1.82) is 0 Å². The molecule has 0 N–H and O–H groups in total. The molecule has 1 aliphatic heterocycles. The second-order valence-electron chi connectivity index (χ2n) is 6.37. The Kier molecular flexibility index (Phi) is 3.99. The Morgan fingerprint density at radius 1 is 1.08 bits per heavy atom. The summed E-state index contributed by atoms with van der Waals surface area (Å²) in [6, 6.07) is 5.75. The molecule has 7 heteroatoms. The van der Waals surface area contributed by atoms with Crippen LogP contribution in [0.25, 0.3) is 11.2 Å². The molecule has 0 fully saturated rings. The normalized spacial score (nSPS) is 13.6. The number of pyridine rings is 1. The Balaban J connectivity index is 1.61. The standard InChI is InChI=1S/C19H20N4O3/c1-22-11-21-15-6-13(9-20-18(15)22)19(24)23-5-4-12-7-16(25-2)17(26-3)8-14(12)10-23/h6-9,11H,4-5,10H2,1-3H3. The van der Waals surface area contributed by atoms with Gasteiger partial charge in [-0.1, -0.05) is 0 Å². The van der Waals surface area contributed by atoms with Gasteiger partial charge in [-0.2, -0.15) is 0 Å². The Bertz CT molecular complexity index is 996. The molecule has 4 rings (SSSR count). The molecule has 1 amide bonds. The largest absolute Gasteiger partial charge is 0.493 e. The molecule has 0 saturated carbocycles. The molecule has 1 aromatic carbocycles. The van der Waals surface area contributed by atoms with Crippen molar-refractivity contribution in [3.05, 3.63) is 47.4 Å². The zero-order valence-corrected chi connectivity index (χ0v) is 15.0. The summed E-state index contributed by atoms with van der Waals surface area (Å²) < 4.78 is 12.6. The fourth-order valence-electron chi connectivity index (χ4n) is 3.37. The first-order valence-electron chi connectivity index (χ1n) is 8.41. The number of fused-ring (bicyclic) bond motifs is 2. The van der Waals surface area contributed by atoms with Crippen LogP contribution in [0.5, 0.6) is 11.5 Å². The van der Waals surface area contributed by atoms with E-state index < -0.39 is 0 Å². The van der Waals surface area contributed by atoms with Crippen LogP contribution in [0.3, 0.4) is 0 Å². The molecule has 2 aromatic heterocycles. The monoisotopic (exact) mass is 352 g/mol. The van der Waals surface area contributed by atoms with E-state index in [1.807, 2.05) is 28.6 Å². The summed E-state index contributed by atoms with van der Waals surface area (Å²) in [6.07, 6.45) is 4.10. The van der Waals surface area contributed by atoms with Gasteiger partial charge < -0.3 is 18.9 Å². The van der Waals surface area contributed by atoms with Crippen molar-refractivity contribution in [3.63, 3.8) is 0 Å². The van der Waals surface area contributed by atoms with Crippen LogP contribution in [0.2, 0.25) is 0 Å². The Hall–Kier alpha value is -3.09. The summed E-state index contributed by atoms with van der Waals surface area (Å²) in [5.41, 5.74) is 4.31. The first kappa shape index (κ1) is 16.4. The molecule has 7 nitrogen and oxygen atoms in total. The fraction of sp³-hybridized carbons (Fsp3) is 0.316. The van der Waals surface area contributed by atoms with Gasteiger partial charge in [-0.25, -0.2) is 9.97 Å². The van der Waals surface area contributed by atoms with E-state index in [0.29, 0.717) is 24.4 Å². The molecule has 0 aliphatic carbocycles. The Morgan fingerprint density at radius 2 is 1.81 bits per heavy atom. The van der Waals surface area contributed by atoms with Crippen molar-refractivity contribution in [2.75, 3.05) is 20.8 Å². The SMILES string of the molecule is COc1cc2c(cc1OC)CN(C(=O)c1cnc3c(c1)ncn3C)CC2. The van der Waals surface area contributed by atoms with Gasteiger partial charge in [0.1, 0.15) is 5.52 Å². The molecule has 26 heavy (non-hydrogen) atoms. The maximum absolute atomic E-state index is 12.9. The third kappa shape index (κ3) is 2.65. The third-order valence-electron chi connectivity index (χ3n) is 4.80. The lowest BCUT2D eigenvalue weighted by molar-refractivity contribution is 0.0734. The van der Waals surface area contributed by atoms with Crippen LogP contribution in [0, 0.1) is 0 Å². The van der Waals surface area contributed by atoms with Crippen LogP contribution in [-0.2, 0) is 20.0 Å². The van der Waals surface area contributed by atoms with Crippen LogP contribution >= 0.6 is 0 Å². The minimum atomic E-state index is -0.0366. The van der Waals surface area contributed by atoms with E-state index in [2.05, 4.69) is 9.97 Å². The molecule has 0 saturated heterocycles. The smallest absolute Gasteiger partial charge is 0.255 e. The maximum atomic E-state index is 12.9. The number of benzene rings is 1. The quantitative estimate of drug-likeness (QED) is 0.723. The van der Waals surface area contributed by atoms with Crippen molar-refractivity contribution >= 4 is 17.1 Å². The number of rotatable bonds is 3.